The van der Waals surface area contributed by atoms with Gasteiger partial charge in [0.25, 0.3) is 5.56 Å². The molecule has 0 N–H and O–H groups in total. The maximum atomic E-state index is 13.8. The molecule has 1 saturated heterocycles. The fraction of sp³-hybridized carbons (Fsp3) is 0.370. The molecule has 11 heteroatoms. The summed E-state index contributed by atoms with van der Waals surface area (Å²) < 4.78 is 25.2. The Morgan fingerprint density at radius 3 is 2.61 bits per heavy atom. The second-order valence-electron chi connectivity index (χ2n) is 9.21. The van der Waals surface area contributed by atoms with E-state index in [4.69, 9.17) is 18.6 Å². The number of allylic oxidation sites excluding steroid dienone is 1. The number of benzene rings is 1. The van der Waals surface area contributed by atoms with Crippen LogP contribution >= 0.6 is 27.3 Å². The van der Waals surface area contributed by atoms with E-state index in [1.807, 2.05) is 18.2 Å². The van der Waals surface area contributed by atoms with Gasteiger partial charge in [-0.3, -0.25) is 9.36 Å². The summed E-state index contributed by atoms with van der Waals surface area (Å²) in [7, 11) is 1.59. The number of anilines is 1. The van der Waals surface area contributed by atoms with Crippen LogP contribution in [0.3, 0.4) is 0 Å². The second-order valence-corrected chi connectivity index (χ2v) is 11.1. The van der Waals surface area contributed by atoms with Gasteiger partial charge in [0, 0.05) is 25.2 Å². The molecule has 1 atom stereocenters. The van der Waals surface area contributed by atoms with Crippen LogP contribution in [0.5, 0.6) is 5.75 Å². The van der Waals surface area contributed by atoms with Gasteiger partial charge in [-0.2, -0.15) is 0 Å². The van der Waals surface area contributed by atoms with E-state index in [-0.39, 0.29) is 11.7 Å². The van der Waals surface area contributed by atoms with Gasteiger partial charge in [0.1, 0.15) is 11.5 Å². The molecule has 2 aromatic heterocycles. The normalized spacial score (nSPS) is 18.0. The van der Waals surface area contributed by atoms with Crippen LogP contribution in [0.1, 0.15) is 38.1 Å². The molecule has 3 aromatic rings. The molecule has 5 rings (SSSR count). The minimum absolute atomic E-state index is 0.266. The van der Waals surface area contributed by atoms with Crippen molar-refractivity contribution in [3.63, 3.8) is 0 Å². The number of hydrogen-bond donors (Lipinski definition) is 0. The summed E-state index contributed by atoms with van der Waals surface area (Å²) in [5.74, 6) is 1.42. The predicted molar refractivity (Wildman–Crippen MR) is 147 cm³/mol. The Morgan fingerprint density at radius 1 is 1.24 bits per heavy atom. The van der Waals surface area contributed by atoms with E-state index in [9.17, 15) is 9.59 Å². The highest BCUT2D eigenvalue weighted by Crippen LogP contribution is 2.33. The average molecular weight is 603 g/mol. The zero-order chi connectivity index (χ0) is 27.0. The maximum absolute atomic E-state index is 13.8. The second kappa shape index (κ2) is 10.9. The van der Waals surface area contributed by atoms with Gasteiger partial charge in [-0.15, -0.1) is 0 Å². The largest absolute Gasteiger partial charge is 0.497 e. The number of esters is 1. The topological polar surface area (TPSA) is 95.5 Å². The smallest absolute Gasteiger partial charge is 0.338 e. The fourth-order valence-corrected chi connectivity index (χ4v) is 6.10. The first kappa shape index (κ1) is 26.5. The van der Waals surface area contributed by atoms with E-state index >= 15 is 0 Å². The van der Waals surface area contributed by atoms with Crippen molar-refractivity contribution in [1.29, 1.82) is 0 Å². The van der Waals surface area contributed by atoms with Gasteiger partial charge in [-0.05, 0) is 54.4 Å². The number of furan rings is 1. The summed E-state index contributed by atoms with van der Waals surface area (Å²) in [4.78, 5) is 34.3. The van der Waals surface area contributed by atoms with E-state index in [0.29, 0.717) is 51.2 Å². The number of morpholine rings is 1. The molecule has 2 aliphatic rings. The number of carbonyl (C=O) groups is 1. The quantitative estimate of drug-likeness (QED) is 0.400. The molecule has 200 valence electrons. The summed E-state index contributed by atoms with van der Waals surface area (Å²) in [5, 5.41) is 0. The van der Waals surface area contributed by atoms with Crippen molar-refractivity contribution >= 4 is 45.2 Å². The Kier molecular flexibility index (Phi) is 7.60. The number of aromatic nitrogens is 1. The predicted octanol–water partition coefficient (Wildman–Crippen LogP) is 3.39. The molecule has 0 amide bonds. The molecule has 0 saturated carbocycles. The van der Waals surface area contributed by atoms with Crippen LogP contribution in [0, 0.1) is 0 Å². The summed E-state index contributed by atoms with van der Waals surface area (Å²) in [6.07, 6.45) is 1.40. The lowest BCUT2D eigenvalue weighted by Crippen LogP contribution is -2.40. The van der Waals surface area contributed by atoms with Gasteiger partial charge >= 0.3 is 5.97 Å². The first-order valence-corrected chi connectivity index (χ1v) is 13.9. The molecule has 1 unspecified atom stereocenters. The molecule has 0 bridgehead atoms. The minimum Gasteiger partial charge on any atom is -0.497 e. The van der Waals surface area contributed by atoms with Crippen LogP contribution in [0.2, 0.25) is 0 Å². The third-order valence-corrected chi connectivity index (χ3v) is 7.83. The molecule has 2 aliphatic heterocycles. The van der Waals surface area contributed by atoms with Crippen molar-refractivity contribution in [1.82, 2.24) is 4.57 Å². The lowest BCUT2D eigenvalue weighted by Gasteiger charge is -2.26. The number of fused-ring (bicyclic) bond motifs is 1. The zero-order valence-electron chi connectivity index (χ0n) is 21.5. The summed E-state index contributed by atoms with van der Waals surface area (Å²) in [6.45, 7) is 8.06. The highest BCUT2D eigenvalue weighted by molar-refractivity contribution is 9.10. The number of ether oxygens (including phenoxy) is 3. The van der Waals surface area contributed by atoms with E-state index in [2.05, 4.69) is 25.8 Å². The monoisotopic (exact) mass is 601 g/mol. The van der Waals surface area contributed by atoms with Crippen molar-refractivity contribution in [3.8, 4) is 5.75 Å². The van der Waals surface area contributed by atoms with E-state index in [1.54, 1.807) is 50.7 Å². The molecular weight excluding hydrogens is 574 g/mol. The van der Waals surface area contributed by atoms with Crippen LogP contribution < -0.4 is 24.5 Å². The van der Waals surface area contributed by atoms with Crippen LogP contribution in [-0.4, -0.2) is 50.1 Å². The van der Waals surface area contributed by atoms with Crippen LogP contribution in [0.4, 0.5) is 5.88 Å². The van der Waals surface area contributed by atoms with E-state index < -0.39 is 12.0 Å². The third kappa shape index (κ3) is 5.10. The fourth-order valence-electron chi connectivity index (χ4n) is 4.52. The van der Waals surface area contributed by atoms with Gasteiger partial charge in [0.2, 0.25) is 5.88 Å². The Labute approximate surface area is 231 Å². The molecule has 1 fully saturated rings. The number of nitrogens with zero attached hydrogens (tertiary/aromatic N) is 3. The standard InChI is InChI=1S/C27H28BrN3O6S/c1-15(2)36-26(33)22-16(3)29-27-31(23(22)17-5-7-18(34-4)8-6-17)24(32)21(38-27)14-19-13-20(28)25(37-19)30-9-11-35-12-10-30/h5-8,13-15,23H,9-12H2,1-4H3/b21-14+. The number of methoxy groups -OCH3 is 1. The van der Waals surface area contributed by atoms with Crippen molar-refractivity contribution in [2.24, 2.45) is 4.99 Å². The molecule has 0 aliphatic carbocycles. The Hall–Kier alpha value is -3.15. The summed E-state index contributed by atoms with van der Waals surface area (Å²) in [5.41, 5.74) is 1.33. The molecule has 0 radical (unpaired) electrons. The maximum Gasteiger partial charge on any atom is 0.338 e. The van der Waals surface area contributed by atoms with Crippen molar-refractivity contribution < 1.29 is 23.4 Å². The molecule has 1 aromatic carbocycles. The summed E-state index contributed by atoms with van der Waals surface area (Å²) >= 11 is 4.83. The molecule has 38 heavy (non-hydrogen) atoms. The lowest BCUT2D eigenvalue weighted by atomic mass is 9.96. The third-order valence-electron chi connectivity index (χ3n) is 6.28. The number of halogens is 1. The Balaban J connectivity index is 1.62. The lowest BCUT2D eigenvalue weighted by molar-refractivity contribution is -0.143. The minimum atomic E-state index is -0.696. The number of hydrogen-bond acceptors (Lipinski definition) is 9. The van der Waals surface area contributed by atoms with Crippen LogP contribution in [0.25, 0.3) is 6.08 Å². The molecular formula is C27H28BrN3O6S. The van der Waals surface area contributed by atoms with Gasteiger partial charge in [-0.1, -0.05) is 23.5 Å². The van der Waals surface area contributed by atoms with Crippen LogP contribution in [-0.2, 0) is 14.3 Å². The highest BCUT2D eigenvalue weighted by Gasteiger charge is 2.34. The molecule has 0 spiro atoms. The average Bonchev–Trinajstić information content (AvgIpc) is 3.41. The number of thiazole rings is 1. The Morgan fingerprint density at radius 2 is 1.95 bits per heavy atom. The van der Waals surface area contributed by atoms with Crippen LogP contribution in [0.15, 0.2) is 60.3 Å². The van der Waals surface area contributed by atoms with Crippen molar-refractivity contribution in [2.75, 3.05) is 38.3 Å². The first-order valence-electron chi connectivity index (χ1n) is 12.3. The first-order chi connectivity index (χ1) is 18.3. The number of rotatable bonds is 6. The zero-order valence-corrected chi connectivity index (χ0v) is 23.9. The number of carbonyl (C=O) groups excluding carboxylic acids is 1. The van der Waals surface area contributed by atoms with Crippen molar-refractivity contribution in [2.45, 2.75) is 32.9 Å². The van der Waals surface area contributed by atoms with Crippen molar-refractivity contribution in [3.05, 3.63) is 77.1 Å². The van der Waals surface area contributed by atoms with Gasteiger partial charge in [0.05, 0.1) is 52.7 Å². The summed E-state index contributed by atoms with van der Waals surface area (Å²) in [6, 6.07) is 8.46. The molecule has 9 nitrogen and oxygen atoms in total. The van der Waals surface area contributed by atoms with E-state index in [1.165, 1.54) is 11.3 Å². The van der Waals surface area contributed by atoms with Gasteiger partial charge in [0.15, 0.2) is 4.80 Å². The van der Waals surface area contributed by atoms with Gasteiger partial charge < -0.3 is 23.5 Å². The molecule has 4 heterocycles. The van der Waals surface area contributed by atoms with Gasteiger partial charge in [-0.25, -0.2) is 9.79 Å². The highest BCUT2D eigenvalue weighted by atomic mass is 79.9. The van der Waals surface area contributed by atoms with E-state index in [0.717, 1.165) is 23.1 Å². The SMILES string of the molecule is COc1ccc(C2C(C(=O)OC(C)C)=C(C)N=c3s/c(=C/c4cc(Br)c(N5CCOCC5)o4)c(=O)n32)cc1. The Bertz CT molecular complexity index is 1560.